The van der Waals surface area contributed by atoms with Crippen LogP contribution in [0.25, 0.3) is 0 Å². The summed E-state index contributed by atoms with van der Waals surface area (Å²) in [4.78, 5) is 15.5. The highest BCUT2D eigenvalue weighted by Crippen LogP contribution is 2.24. The third-order valence-corrected chi connectivity index (χ3v) is 2.74. The molecule has 1 aliphatic rings. The lowest BCUT2D eigenvalue weighted by Crippen LogP contribution is -2.15. The Bertz CT molecular complexity index is 397. The van der Waals surface area contributed by atoms with Crippen molar-refractivity contribution in [3.8, 4) is 0 Å². The molecule has 2 rings (SSSR count). The van der Waals surface area contributed by atoms with Gasteiger partial charge in [-0.25, -0.2) is 4.98 Å². The van der Waals surface area contributed by atoms with Crippen LogP contribution in [0.1, 0.15) is 28.8 Å². The van der Waals surface area contributed by atoms with E-state index in [1.54, 1.807) is 13.0 Å². The highest BCUT2D eigenvalue weighted by molar-refractivity contribution is 5.99. The van der Waals surface area contributed by atoms with Crippen molar-refractivity contribution in [3.63, 3.8) is 0 Å². The number of aromatic nitrogens is 1. The van der Waals surface area contributed by atoms with Crippen molar-refractivity contribution in [2.24, 2.45) is 5.92 Å². The average Bonchev–Trinajstić information content (AvgIpc) is 2.69. The Balaban J connectivity index is 2.32. The van der Waals surface area contributed by atoms with Crippen molar-refractivity contribution in [1.29, 1.82) is 0 Å². The van der Waals surface area contributed by atoms with Crippen molar-refractivity contribution in [3.05, 3.63) is 41.5 Å². The van der Waals surface area contributed by atoms with Crippen molar-refractivity contribution in [2.45, 2.75) is 19.8 Å². The van der Waals surface area contributed by atoms with E-state index in [0.717, 1.165) is 0 Å². The molecule has 0 unspecified atom stereocenters. The maximum atomic E-state index is 13.4. The first-order valence-corrected chi connectivity index (χ1v) is 5.00. The Kier molecular flexibility index (Phi) is 2.62. The SMILES string of the molecule is Cc1ccnc(F)c1C(=O)C1CC=CC1. The lowest BCUT2D eigenvalue weighted by Gasteiger charge is -2.10. The van der Waals surface area contributed by atoms with E-state index in [4.69, 9.17) is 0 Å². The smallest absolute Gasteiger partial charge is 0.223 e. The normalized spacial score (nSPS) is 15.9. The number of hydrogen-bond acceptors (Lipinski definition) is 2. The quantitative estimate of drug-likeness (QED) is 0.422. The van der Waals surface area contributed by atoms with Crippen LogP contribution in [0.15, 0.2) is 24.4 Å². The molecule has 0 fully saturated rings. The second-order valence-electron chi connectivity index (χ2n) is 3.80. The molecule has 1 aliphatic carbocycles. The maximum absolute atomic E-state index is 13.4. The van der Waals surface area contributed by atoms with Gasteiger partial charge in [-0.2, -0.15) is 4.39 Å². The summed E-state index contributed by atoms with van der Waals surface area (Å²) in [7, 11) is 0. The third-order valence-electron chi connectivity index (χ3n) is 2.74. The molecule has 0 spiro atoms. The zero-order valence-corrected chi connectivity index (χ0v) is 8.53. The number of allylic oxidation sites excluding steroid dienone is 2. The predicted molar refractivity (Wildman–Crippen MR) is 55.1 cm³/mol. The van der Waals surface area contributed by atoms with Gasteiger partial charge in [0.15, 0.2) is 5.78 Å². The number of Topliss-reactive ketones (excluding diaryl/α,β-unsaturated/α-hetero) is 1. The first-order chi connectivity index (χ1) is 7.20. The number of carbonyl (C=O) groups is 1. The average molecular weight is 205 g/mol. The monoisotopic (exact) mass is 205 g/mol. The molecular formula is C12H12FNO. The van der Waals surface area contributed by atoms with Crippen LogP contribution in [-0.2, 0) is 0 Å². The fourth-order valence-corrected chi connectivity index (χ4v) is 1.86. The highest BCUT2D eigenvalue weighted by atomic mass is 19.1. The number of ketones is 1. The number of aryl methyl sites for hydroxylation is 1. The van der Waals surface area contributed by atoms with E-state index in [0.29, 0.717) is 18.4 Å². The van der Waals surface area contributed by atoms with E-state index in [1.807, 2.05) is 12.2 Å². The summed E-state index contributed by atoms with van der Waals surface area (Å²) in [5, 5.41) is 0. The van der Waals surface area contributed by atoms with E-state index < -0.39 is 5.95 Å². The predicted octanol–water partition coefficient (Wildman–Crippen LogP) is 2.68. The maximum Gasteiger partial charge on any atom is 0.223 e. The van der Waals surface area contributed by atoms with E-state index in [2.05, 4.69) is 4.98 Å². The molecule has 1 heterocycles. The summed E-state index contributed by atoms with van der Waals surface area (Å²) in [6.07, 6.45) is 6.74. The molecule has 0 amide bonds. The van der Waals surface area contributed by atoms with Gasteiger partial charge < -0.3 is 0 Å². The first kappa shape index (κ1) is 10.0. The molecule has 0 aliphatic heterocycles. The lowest BCUT2D eigenvalue weighted by molar-refractivity contribution is 0.0920. The number of halogens is 1. The first-order valence-electron chi connectivity index (χ1n) is 5.00. The molecule has 2 nitrogen and oxygen atoms in total. The number of pyridine rings is 1. The van der Waals surface area contributed by atoms with E-state index in [1.165, 1.54) is 6.20 Å². The van der Waals surface area contributed by atoms with E-state index in [9.17, 15) is 9.18 Å². The van der Waals surface area contributed by atoms with E-state index in [-0.39, 0.29) is 17.3 Å². The second kappa shape index (κ2) is 3.93. The highest BCUT2D eigenvalue weighted by Gasteiger charge is 2.25. The summed E-state index contributed by atoms with van der Waals surface area (Å²) in [5.74, 6) is -0.864. The largest absolute Gasteiger partial charge is 0.294 e. The van der Waals surface area contributed by atoms with Crippen LogP contribution < -0.4 is 0 Å². The molecule has 3 heteroatoms. The second-order valence-corrected chi connectivity index (χ2v) is 3.80. The molecule has 0 saturated heterocycles. The van der Waals surface area contributed by atoms with Gasteiger partial charge in [-0.3, -0.25) is 4.79 Å². The number of rotatable bonds is 2. The molecule has 0 saturated carbocycles. The van der Waals surface area contributed by atoms with Crippen molar-refractivity contribution >= 4 is 5.78 Å². The van der Waals surface area contributed by atoms with Crippen LogP contribution in [0, 0.1) is 18.8 Å². The zero-order chi connectivity index (χ0) is 10.8. The van der Waals surface area contributed by atoms with Gasteiger partial charge in [-0.1, -0.05) is 12.2 Å². The Hall–Kier alpha value is -1.51. The van der Waals surface area contributed by atoms with E-state index >= 15 is 0 Å². The van der Waals surface area contributed by atoms with Crippen LogP contribution in [0.3, 0.4) is 0 Å². The minimum atomic E-state index is -0.646. The molecule has 1 aromatic heterocycles. The van der Waals surface area contributed by atoms with Gasteiger partial charge in [-0.15, -0.1) is 0 Å². The number of nitrogens with zero attached hydrogens (tertiary/aromatic N) is 1. The molecule has 1 aromatic rings. The van der Waals surface area contributed by atoms with Crippen LogP contribution in [-0.4, -0.2) is 10.8 Å². The van der Waals surface area contributed by atoms with Gasteiger partial charge in [0.05, 0.1) is 5.56 Å². The molecule has 0 radical (unpaired) electrons. The number of hydrogen-bond donors (Lipinski definition) is 0. The standard InChI is InChI=1S/C12H12FNO/c1-8-6-7-14-12(13)10(8)11(15)9-4-2-3-5-9/h2-3,6-7,9H,4-5H2,1H3. The molecule has 0 N–H and O–H groups in total. The van der Waals surface area contributed by atoms with Gasteiger partial charge in [-0.05, 0) is 31.4 Å². The topological polar surface area (TPSA) is 30.0 Å². The summed E-state index contributed by atoms with van der Waals surface area (Å²) in [6, 6.07) is 1.67. The van der Waals surface area contributed by atoms with Gasteiger partial charge in [0.25, 0.3) is 0 Å². The lowest BCUT2D eigenvalue weighted by atomic mass is 9.94. The van der Waals surface area contributed by atoms with Crippen LogP contribution in [0.4, 0.5) is 4.39 Å². The Labute approximate surface area is 87.8 Å². The van der Waals surface area contributed by atoms with Crippen LogP contribution >= 0.6 is 0 Å². The Morgan fingerprint density at radius 1 is 1.47 bits per heavy atom. The van der Waals surface area contributed by atoms with Crippen LogP contribution in [0.5, 0.6) is 0 Å². The molecule has 0 atom stereocenters. The van der Waals surface area contributed by atoms with Crippen molar-refractivity contribution in [1.82, 2.24) is 4.98 Å². The number of carbonyl (C=O) groups excluding carboxylic acids is 1. The minimum Gasteiger partial charge on any atom is -0.294 e. The summed E-state index contributed by atoms with van der Waals surface area (Å²) in [5.41, 5.74) is 0.825. The Morgan fingerprint density at radius 2 is 2.13 bits per heavy atom. The molecule has 15 heavy (non-hydrogen) atoms. The fourth-order valence-electron chi connectivity index (χ4n) is 1.86. The Morgan fingerprint density at radius 3 is 2.73 bits per heavy atom. The van der Waals surface area contributed by atoms with Gasteiger partial charge in [0.2, 0.25) is 5.95 Å². The van der Waals surface area contributed by atoms with Gasteiger partial charge in [0, 0.05) is 12.1 Å². The summed E-state index contributed by atoms with van der Waals surface area (Å²) >= 11 is 0. The molecule has 78 valence electrons. The van der Waals surface area contributed by atoms with Crippen LogP contribution in [0.2, 0.25) is 0 Å². The molecular weight excluding hydrogens is 193 g/mol. The van der Waals surface area contributed by atoms with Crippen molar-refractivity contribution in [2.75, 3.05) is 0 Å². The summed E-state index contributed by atoms with van der Waals surface area (Å²) < 4.78 is 13.4. The molecule has 0 bridgehead atoms. The van der Waals surface area contributed by atoms with Gasteiger partial charge in [0.1, 0.15) is 0 Å². The molecule has 0 aromatic carbocycles. The fraction of sp³-hybridized carbons (Fsp3) is 0.333. The van der Waals surface area contributed by atoms with Gasteiger partial charge >= 0.3 is 0 Å². The summed E-state index contributed by atoms with van der Waals surface area (Å²) in [6.45, 7) is 1.74. The zero-order valence-electron chi connectivity index (χ0n) is 8.53. The minimum absolute atomic E-state index is 0.0950. The van der Waals surface area contributed by atoms with Crippen molar-refractivity contribution < 1.29 is 9.18 Å². The third kappa shape index (κ3) is 1.82.